The summed E-state index contributed by atoms with van der Waals surface area (Å²) < 4.78 is 0. The van der Waals surface area contributed by atoms with Crippen LogP contribution in [0, 0.1) is 0 Å². The molecule has 0 unspecified atom stereocenters. The lowest BCUT2D eigenvalue weighted by molar-refractivity contribution is 0.583. The molecule has 0 bridgehead atoms. The maximum absolute atomic E-state index is 5.66. The summed E-state index contributed by atoms with van der Waals surface area (Å²) in [6, 6.07) is 12.0. The van der Waals surface area contributed by atoms with E-state index >= 15 is 0 Å². The third-order valence-corrected chi connectivity index (χ3v) is 4.21. The molecule has 4 rings (SSSR count). The molecule has 120 valence electrons. The summed E-state index contributed by atoms with van der Waals surface area (Å²) in [5.74, 6) is 1.78. The number of hydrogen-bond donors (Lipinski definition) is 2. The Morgan fingerprint density at radius 1 is 1.04 bits per heavy atom. The van der Waals surface area contributed by atoms with Gasteiger partial charge >= 0.3 is 0 Å². The quantitative estimate of drug-likeness (QED) is 0.771. The van der Waals surface area contributed by atoms with Crippen molar-refractivity contribution in [2.45, 2.75) is 25.3 Å². The first-order valence-electron chi connectivity index (χ1n) is 8.06. The van der Waals surface area contributed by atoms with Gasteiger partial charge in [0.05, 0.1) is 6.04 Å². The fourth-order valence-electron chi connectivity index (χ4n) is 3.06. The fraction of sp³-hybridized carbons (Fsp3) is 0.222. The van der Waals surface area contributed by atoms with Crippen LogP contribution in [0.25, 0.3) is 11.4 Å². The van der Waals surface area contributed by atoms with E-state index in [1.807, 2.05) is 42.6 Å². The summed E-state index contributed by atoms with van der Waals surface area (Å²) in [5, 5.41) is 3.43. The van der Waals surface area contributed by atoms with Gasteiger partial charge in [-0.25, -0.2) is 15.0 Å². The summed E-state index contributed by atoms with van der Waals surface area (Å²) in [7, 11) is 0. The van der Waals surface area contributed by atoms with Crippen molar-refractivity contribution in [2.75, 3.05) is 11.1 Å². The normalized spacial score (nSPS) is 16.4. The first-order valence-corrected chi connectivity index (χ1v) is 8.06. The van der Waals surface area contributed by atoms with Gasteiger partial charge in [0.15, 0.2) is 5.82 Å². The zero-order valence-corrected chi connectivity index (χ0v) is 13.2. The predicted molar refractivity (Wildman–Crippen MR) is 93.2 cm³/mol. The van der Waals surface area contributed by atoms with Crippen molar-refractivity contribution in [3.63, 3.8) is 0 Å². The van der Waals surface area contributed by atoms with Crippen molar-refractivity contribution < 1.29 is 0 Å². The molecule has 0 spiro atoms. The molecule has 1 atom stereocenters. The van der Waals surface area contributed by atoms with E-state index in [1.165, 1.54) is 0 Å². The first kappa shape index (κ1) is 14.6. The highest BCUT2D eigenvalue weighted by atomic mass is 15.1. The monoisotopic (exact) mass is 318 g/mol. The van der Waals surface area contributed by atoms with Crippen LogP contribution in [-0.2, 0) is 6.42 Å². The fourth-order valence-corrected chi connectivity index (χ4v) is 3.06. The van der Waals surface area contributed by atoms with Crippen molar-refractivity contribution >= 4 is 11.8 Å². The number of anilines is 2. The van der Waals surface area contributed by atoms with Crippen LogP contribution in [0.5, 0.6) is 0 Å². The topological polar surface area (TPSA) is 89.6 Å². The standard InChI is InChI=1S/C18H18N6/c19-18-20-10-9-16(24-18)22-14-7-4-8-15-13(14)11-21-17(23-15)12-5-2-1-3-6-12/h1-3,5-6,9-11,14H,4,7-8H2,(H3,19,20,22,24)/t14-/m1/s1. The largest absolute Gasteiger partial charge is 0.368 e. The van der Waals surface area contributed by atoms with Gasteiger partial charge < -0.3 is 11.1 Å². The minimum absolute atomic E-state index is 0.146. The summed E-state index contributed by atoms with van der Waals surface area (Å²) in [6.07, 6.45) is 6.67. The van der Waals surface area contributed by atoms with Gasteiger partial charge in [0.25, 0.3) is 0 Å². The minimum Gasteiger partial charge on any atom is -0.368 e. The Kier molecular flexibility index (Phi) is 3.78. The van der Waals surface area contributed by atoms with E-state index in [2.05, 4.69) is 20.3 Å². The molecule has 6 nitrogen and oxygen atoms in total. The molecule has 0 amide bonds. The van der Waals surface area contributed by atoms with Crippen LogP contribution in [0.2, 0.25) is 0 Å². The second-order valence-corrected chi connectivity index (χ2v) is 5.85. The molecule has 0 aliphatic heterocycles. The van der Waals surface area contributed by atoms with Crippen LogP contribution in [0.1, 0.15) is 30.1 Å². The summed E-state index contributed by atoms with van der Waals surface area (Å²) >= 11 is 0. The zero-order valence-electron chi connectivity index (χ0n) is 13.2. The van der Waals surface area contributed by atoms with E-state index in [0.717, 1.165) is 47.7 Å². The molecule has 6 heteroatoms. The average molecular weight is 318 g/mol. The number of nitrogens with one attached hydrogen (secondary N) is 1. The van der Waals surface area contributed by atoms with E-state index in [-0.39, 0.29) is 12.0 Å². The summed E-state index contributed by atoms with van der Waals surface area (Å²) in [6.45, 7) is 0. The van der Waals surface area contributed by atoms with Crippen LogP contribution < -0.4 is 11.1 Å². The number of rotatable bonds is 3. The first-order chi connectivity index (χ1) is 11.8. The van der Waals surface area contributed by atoms with E-state index in [1.54, 1.807) is 6.20 Å². The second kappa shape index (κ2) is 6.23. The lowest BCUT2D eigenvalue weighted by Gasteiger charge is -2.26. The summed E-state index contributed by atoms with van der Waals surface area (Å²) in [5.41, 5.74) is 8.94. The Labute approximate surface area is 140 Å². The molecule has 0 saturated carbocycles. The molecule has 0 radical (unpaired) electrons. The molecule has 2 heterocycles. The zero-order chi connectivity index (χ0) is 16.4. The molecular weight excluding hydrogens is 300 g/mol. The third-order valence-electron chi connectivity index (χ3n) is 4.21. The van der Waals surface area contributed by atoms with Crippen molar-refractivity contribution in [3.05, 3.63) is 60.0 Å². The lowest BCUT2D eigenvalue weighted by Crippen LogP contribution is -2.20. The van der Waals surface area contributed by atoms with Crippen molar-refractivity contribution in [1.82, 2.24) is 19.9 Å². The van der Waals surface area contributed by atoms with Gasteiger partial charge in [0.2, 0.25) is 5.95 Å². The number of aryl methyl sites for hydroxylation is 1. The minimum atomic E-state index is 0.146. The third kappa shape index (κ3) is 2.90. The predicted octanol–water partition coefficient (Wildman–Crippen LogP) is 3.01. The van der Waals surface area contributed by atoms with E-state index in [4.69, 9.17) is 10.7 Å². The highest BCUT2D eigenvalue weighted by Crippen LogP contribution is 2.31. The number of fused-ring (bicyclic) bond motifs is 1. The molecule has 2 aromatic heterocycles. The second-order valence-electron chi connectivity index (χ2n) is 5.85. The molecule has 0 fully saturated rings. The molecule has 3 N–H and O–H groups in total. The van der Waals surface area contributed by atoms with Crippen LogP contribution in [-0.4, -0.2) is 19.9 Å². The lowest BCUT2D eigenvalue weighted by atomic mass is 9.92. The Morgan fingerprint density at radius 2 is 1.92 bits per heavy atom. The number of benzene rings is 1. The van der Waals surface area contributed by atoms with Crippen molar-refractivity contribution in [1.29, 1.82) is 0 Å². The van der Waals surface area contributed by atoms with Crippen LogP contribution >= 0.6 is 0 Å². The molecule has 3 aromatic rings. The van der Waals surface area contributed by atoms with E-state index in [9.17, 15) is 0 Å². The Hall–Kier alpha value is -3.02. The Bertz CT molecular complexity index is 849. The number of aromatic nitrogens is 4. The van der Waals surface area contributed by atoms with Gasteiger partial charge in [-0.15, -0.1) is 0 Å². The smallest absolute Gasteiger partial charge is 0.221 e. The number of nitrogens with two attached hydrogens (primary N) is 1. The molecular formula is C18H18N6. The van der Waals surface area contributed by atoms with Crippen LogP contribution in [0.3, 0.4) is 0 Å². The maximum Gasteiger partial charge on any atom is 0.221 e. The molecule has 1 aliphatic carbocycles. The van der Waals surface area contributed by atoms with Gasteiger partial charge in [-0.3, -0.25) is 0 Å². The van der Waals surface area contributed by atoms with E-state index in [0.29, 0.717) is 0 Å². The molecule has 24 heavy (non-hydrogen) atoms. The highest BCUT2D eigenvalue weighted by molar-refractivity contribution is 5.55. The van der Waals surface area contributed by atoms with Crippen molar-refractivity contribution in [2.24, 2.45) is 0 Å². The summed E-state index contributed by atoms with van der Waals surface area (Å²) in [4.78, 5) is 17.5. The van der Waals surface area contributed by atoms with Gasteiger partial charge in [0.1, 0.15) is 5.82 Å². The highest BCUT2D eigenvalue weighted by Gasteiger charge is 2.22. The van der Waals surface area contributed by atoms with Gasteiger partial charge in [-0.05, 0) is 25.3 Å². The Balaban J connectivity index is 1.63. The van der Waals surface area contributed by atoms with Crippen LogP contribution in [0.4, 0.5) is 11.8 Å². The van der Waals surface area contributed by atoms with Gasteiger partial charge in [0, 0.05) is 29.2 Å². The number of nitrogen functional groups attached to an aromatic ring is 1. The number of nitrogens with zero attached hydrogens (tertiary/aromatic N) is 4. The van der Waals surface area contributed by atoms with Crippen molar-refractivity contribution in [3.8, 4) is 11.4 Å². The average Bonchev–Trinajstić information content (AvgIpc) is 2.62. The van der Waals surface area contributed by atoms with Gasteiger partial charge in [-0.1, -0.05) is 30.3 Å². The Morgan fingerprint density at radius 3 is 2.75 bits per heavy atom. The molecule has 0 saturated heterocycles. The van der Waals surface area contributed by atoms with Gasteiger partial charge in [-0.2, -0.15) is 4.98 Å². The maximum atomic E-state index is 5.66. The SMILES string of the molecule is Nc1nccc(N[C@@H]2CCCc3nc(-c4ccccc4)ncc32)n1. The van der Waals surface area contributed by atoms with Crippen LogP contribution in [0.15, 0.2) is 48.8 Å². The molecule has 1 aliphatic rings. The molecule has 1 aromatic carbocycles. The number of hydrogen-bond acceptors (Lipinski definition) is 6. The van der Waals surface area contributed by atoms with E-state index < -0.39 is 0 Å².